The zero-order valence-corrected chi connectivity index (χ0v) is 15.9. The van der Waals surface area contributed by atoms with Crippen LogP contribution in [0.25, 0.3) is 0 Å². The van der Waals surface area contributed by atoms with Gasteiger partial charge in [0.2, 0.25) is 0 Å². The topological polar surface area (TPSA) is 0 Å². The van der Waals surface area contributed by atoms with Crippen molar-refractivity contribution < 1.29 is 21.8 Å². The van der Waals surface area contributed by atoms with Gasteiger partial charge in [0.15, 0.2) is 0 Å². The van der Waals surface area contributed by atoms with E-state index in [0.29, 0.717) is 0 Å². The average molecular weight is 349 g/mol. The van der Waals surface area contributed by atoms with Crippen LogP contribution in [-0.2, 0) is 21.8 Å². The van der Waals surface area contributed by atoms with Gasteiger partial charge in [-0.05, 0) is 0 Å². The van der Waals surface area contributed by atoms with E-state index >= 15 is 0 Å². The summed E-state index contributed by atoms with van der Waals surface area (Å²) in [5.41, 5.74) is 3.44. The molecular weight excluding hydrogens is 319 g/mol. The minimum atomic E-state index is -1.51. The Morgan fingerprint density at radius 3 is 1.70 bits per heavy atom. The number of rotatable bonds is 8. The van der Waals surface area contributed by atoms with Gasteiger partial charge in [0.05, 0.1) is 0 Å². The molecule has 0 aromatic rings. The van der Waals surface area contributed by atoms with E-state index in [1.165, 1.54) is 51.4 Å². The van der Waals surface area contributed by atoms with Crippen LogP contribution >= 0.6 is 0 Å². The molecule has 109 valence electrons. The Labute approximate surface area is 133 Å². The van der Waals surface area contributed by atoms with E-state index < -0.39 is 21.8 Å². The summed E-state index contributed by atoms with van der Waals surface area (Å²) < 4.78 is 6.42. The molecule has 2 aliphatic rings. The van der Waals surface area contributed by atoms with E-state index in [9.17, 15) is 0 Å². The Kier molecular flexibility index (Phi) is 6.75. The van der Waals surface area contributed by atoms with Gasteiger partial charge in [0.25, 0.3) is 0 Å². The maximum absolute atomic E-state index is 2.63. The first-order valence-corrected chi connectivity index (χ1v) is 13.3. The van der Waals surface area contributed by atoms with Gasteiger partial charge in [-0.3, -0.25) is 0 Å². The third kappa shape index (κ3) is 3.94. The Morgan fingerprint density at radius 1 is 0.850 bits per heavy atom. The normalized spacial score (nSPS) is 17.8. The van der Waals surface area contributed by atoms with E-state index in [0.717, 1.165) is 0 Å². The standard InChI is InChI=1S/2C9H13.CH3.Zr/c2*1-2-3-6-9-7-4-5-8-9;;/h2*4,7H,2-3,5-6H2,1H3;1H3;. The molecular formula is C19H29Zr. The van der Waals surface area contributed by atoms with E-state index in [4.69, 9.17) is 0 Å². The second-order valence-electron chi connectivity index (χ2n) is 6.05. The SMILES string of the molecule is CCCCC1=[C]([Zr]([CH3])[C]2=C(CCCC)C=CC2)CC=C1. The molecule has 0 aromatic heterocycles. The average Bonchev–Trinajstić information content (AvgIpc) is 3.10. The minimum absolute atomic E-state index is 1.27. The summed E-state index contributed by atoms with van der Waals surface area (Å²) in [6.07, 6.45) is 20.3. The molecule has 0 nitrogen and oxygen atoms in total. The van der Waals surface area contributed by atoms with Crippen LogP contribution in [0.2, 0.25) is 4.63 Å². The molecule has 20 heavy (non-hydrogen) atoms. The molecule has 0 radical (unpaired) electrons. The summed E-state index contributed by atoms with van der Waals surface area (Å²) in [4.78, 5) is 0. The van der Waals surface area contributed by atoms with Crippen LogP contribution in [0.4, 0.5) is 0 Å². The van der Waals surface area contributed by atoms with Crippen molar-refractivity contribution in [1.82, 2.24) is 0 Å². The summed E-state index contributed by atoms with van der Waals surface area (Å²) in [5.74, 6) is 0. The summed E-state index contributed by atoms with van der Waals surface area (Å²) in [5, 5.41) is 0. The fourth-order valence-corrected chi connectivity index (χ4v) is 9.65. The van der Waals surface area contributed by atoms with Crippen LogP contribution in [-0.4, -0.2) is 0 Å². The van der Waals surface area contributed by atoms with Crippen molar-refractivity contribution >= 4 is 0 Å². The molecule has 0 N–H and O–H groups in total. The van der Waals surface area contributed by atoms with Crippen molar-refractivity contribution in [2.45, 2.75) is 69.8 Å². The number of hydrogen-bond acceptors (Lipinski definition) is 0. The second-order valence-corrected chi connectivity index (χ2v) is 12.1. The molecule has 0 amide bonds. The Morgan fingerprint density at radius 2 is 1.30 bits per heavy atom. The summed E-state index contributed by atoms with van der Waals surface area (Å²) in [6.45, 7) is 4.60. The van der Waals surface area contributed by atoms with Crippen LogP contribution in [0.1, 0.15) is 65.2 Å². The predicted octanol–water partition coefficient (Wildman–Crippen LogP) is 6.46. The fraction of sp³-hybridized carbons (Fsp3) is 0.579. The molecule has 0 atom stereocenters. The molecule has 0 fully saturated rings. The van der Waals surface area contributed by atoms with Gasteiger partial charge in [0, 0.05) is 0 Å². The predicted molar refractivity (Wildman–Crippen MR) is 86.5 cm³/mol. The summed E-state index contributed by atoms with van der Waals surface area (Å²) >= 11 is -1.51. The van der Waals surface area contributed by atoms with Crippen LogP contribution in [0.15, 0.2) is 42.0 Å². The van der Waals surface area contributed by atoms with Gasteiger partial charge >= 0.3 is 134 Å². The zero-order chi connectivity index (χ0) is 14.4. The summed E-state index contributed by atoms with van der Waals surface area (Å²) in [6, 6.07) is 0. The molecule has 0 saturated carbocycles. The first-order valence-electron chi connectivity index (χ1n) is 8.39. The molecule has 0 saturated heterocycles. The van der Waals surface area contributed by atoms with Gasteiger partial charge < -0.3 is 0 Å². The molecule has 0 aromatic carbocycles. The third-order valence-electron chi connectivity index (χ3n) is 4.56. The first kappa shape index (κ1) is 16.2. The van der Waals surface area contributed by atoms with Gasteiger partial charge in [0.1, 0.15) is 0 Å². The fourth-order valence-electron chi connectivity index (χ4n) is 3.27. The van der Waals surface area contributed by atoms with Crippen molar-refractivity contribution in [3.8, 4) is 0 Å². The van der Waals surface area contributed by atoms with Crippen molar-refractivity contribution in [1.29, 1.82) is 0 Å². The van der Waals surface area contributed by atoms with Crippen molar-refractivity contribution in [3.63, 3.8) is 0 Å². The quantitative estimate of drug-likeness (QED) is 0.472. The maximum atomic E-state index is 2.63. The molecule has 1 heteroatoms. The molecule has 2 aliphatic carbocycles. The number of hydrogen-bond donors (Lipinski definition) is 0. The second kappa shape index (κ2) is 8.33. The van der Waals surface area contributed by atoms with Crippen molar-refractivity contribution in [2.24, 2.45) is 0 Å². The third-order valence-corrected chi connectivity index (χ3v) is 11.6. The Hall–Kier alpha value is -0.157. The van der Waals surface area contributed by atoms with Crippen LogP contribution in [0.3, 0.4) is 0 Å². The number of unbranched alkanes of at least 4 members (excludes halogenated alkanes) is 2. The molecule has 0 unspecified atom stereocenters. The molecule has 0 bridgehead atoms. The van der Waals surface area contributed by atoms with Crippen LogP contribution in [0, 0.1) is 0 Å². The van der Waals surface area contributed by atoms with Gasteiger partial charge in [-0.2, -0.15) is 0 Å². The zero-order valence-electron chi connectivity index (χ0n) is 13.5. The first-order chi connectivity index (χ1) is 9.77. The van der Waals surface area contributed by atoms with E-state index in [-0.39, 0.29) is 0 Å². The summed E-state index contributed by atoms with van der Waals surface area (Å²) in [7, 11) is 0. The molecule has 0 spiro atoms. The molecule has 2 rings (SSSR count). The van der Waals surface area contributed by atoms with Crippen molar-refractivity contribution in [2.75, 3.05) is 0 Å². The Balaban J connectivity index is 2.11. The van der Waals surface area contributed by atoms with Gasteiger partial charge in [-0.15, -0.1) is 0 Å². The Bertz CT molecular complexity index is 406. The van der Waals surface area contributed by atoms with Crippen molar-refractivity contribution in [3.05, 3.63) is 42.0 Å². The van der Waals surface area contributed by atoms with E-state index in [2.05, 4.69) is 42.8 Å². The van der Waals surface area contributed by atoms with E-state index in [1.807, 2.05) is 6.56 Å². The number of allylic oxidation sites excluding steroid dienone is 8. The van der Waals surface area contributed by atoms with Crippen LogP contribution in [0.5, 0.6) is 0 Å². The molecule has 0 heterocycles. The van der Waals surface area contributed by atoms with E-state index in [1.54, 1.807) is 11.1 Å². The monoisotopic (exact) mass is 347 g/mol. The van der Waals surface area contributed by atoms with Gasteiger partial charge in [-0.25, -0.2) is 0 Å². The van der Waals surface area contributed by atoms with Crippen LogP contribution < -0.4 is 0 Å². The van der Waals surface area contributed by atoms with Gasteiger partial charge in [-0.1, -0.05) is 0 Å². The molecule has 0 aliphatic heterocycles.